The lowest BCUT2D eigenvalue weighted by atomic mass is 10.2. The van der Waals surface area contributed by atoms with Crippen molar-refractivity contribution in [3.8, 4) is 0 Å². The van der Waals surface area contributed by atoms with Crippen LogP contribution >= 0.6 is 11.3 Å². The van der Waals surface area contributed by atoms with E-state index in [1.807, 2.05) is 13.2 Å². The third kappa shape index (κ3) is 3.84. The van der Waals surface area contributed by atoms with Gasteiger partial charge in [0.2, 0.25) is 0 Å². The Morgan fingerprint density at radius 1 is 1.50 bits per heavy atom. The number of hydrogen-bond acceptors (Lipinski definition) is 3. The van der Waals surface area contributed by atoms with Crippen molar-refractivity contribution < 1.29 is 0 Å². The standard InChI is InChI=1S/C13H20N4S/c1-10-9-16-12(18-10)7-8-15-13(14-2)17-11-5-3-4-6-11/h3-4,9,11H,5-8H2,1-2H3,(H2,14,15,17). The van der Waals surface area contributed by atoms with Crippen LogP contribution in [0, 0.1) is 6.92 Å². The number of guanidine groups is 1. The van der Waals surface area contributed by atoms with Gasteiger partial charge in [0.1, 0.15) is 0 Å². The van der Waals surface area contributed by atoms with Crippen LogP contribution in [0.25, 0.3) is 0 Å². The number of aryl methyl sites for hydroxylation is 1. The van der Waals surface area contributed by atoms with Crippen molar-refractivity contribution in [2.45, 2.75) is 32.2 Å². The van der Waals surface area contributed by atoms with E-state index in [1.165, 1.54) is 9.88 Å². The molecule has 0 unspecified atom stereocenters. The van der Waals surface area contributed by atoms with E-state index in [2.05, 4.69) is 39.7 Å². The number of nitrogens with one attached hydrogen (secondary N) is 2. The summed E-state index contributed by atoms with van der Waals surface area (Å²) in [6.45, 7) is 2.95. The molecule has 0 aliphatic heterocycles. The fourth-order valence-electron chi connectivity index (χ4n) is 1.93. The molecular formula is C13H20N4S. The SMILES string of the molecule is CN=C(NCCc1ncc(C)s1)NC1CC=CC1. The van der Waals surface area contributed by atoms with Gasteiger partial charge in [0.15, 0.2) is 5.96 Å². The molecule has 2 N–H and O–H groups in total. The van der Waals surface area contributed by atoms with E-state index >= 15 is 0 Å². The quantitative estimate of drug-likeness (QED) is 0.496. The summed E-state index contributed by atoms with van der Waals surface area (Å²) in [4.78, 5) is 9.86. The highest BCUT2D eigenvalue weighted by Gasteiger charge is 2.11. The molecule has 5 heteroatoms. The average Bonchev–Trinajstić information content (AvgIpc) is 3.00. The molecule has 1 heterocycles. The Bertz CT molecular complexity index is 428. The van der Waals surface area contributed by atoms with Crippen LogP contribution in [-0.4, -0.2) is 30.6 Å². The van der Waals surface area contributed by atoms with Gasteiger partial charge in [0.25, 0.3) is 0 Å². The van der Waals surface area contributed by atoms with Crippen LogP contribution in [0.15, 0.2) is 23.3 Å². The van der Waals surface area contributed by atoms with Gasteiger partial charge in [-0.05, 0) is 19.8 Å². The average molecular weight is 264 g/mol. The Hall–Kier alpha value is -1.36. The Balaban J connectivity index is 1.70. The minimum absolute atomic E-state index is 0.498. The molecule has 0 radical (unpaired) electrons. The van der Waals surface area contributed by atoms with Gasteiger partial charge < -0.3 is 10.6 Å². The molecule has 0 aromatic carbocycles. The number of rotatable bonds is 4. The van der Waals surface area contributed by atoms with E-state index in [-0.39, 0.29) is 0 Å². The lowest BCUT2D eigenvalue weighted by molar-refractivity contribution is 0.633. The molecule has 18 heavy (non-hydrogen) atoms. The lowest BCUT2D eigenvalue weighted by Crippen LogP contribution is -2.43. The first-order chi connectivity index (χ1) is 8.78. The predicted octanol–water partition coefficient (Wildman–Crippen LogP) is 1.88. The second-order valence-corrected chi connectivity index (χ2v) is 5.72. The van der Waals surface area contributed by atoms with Crippen LogP contribution in [0.1, 0.15) is 22.7 Å². The molecule has 0 fully saturated rings. The Morgan fingerprint density at radius 3 is 2.89 bits per heavy atom. The number of aromatic nitrogens is 1. The maximum atomic E-state index is 4.35. The van der Waals surface area contributed by atoms with Crippen LogP contribution < -0.4 is 10.6 Å². The highest BCUT2D eigenvalue weighted by Crippen LogP contribution is 2.11. The summed E-state index contributed by atoms with van der Waals surface area (Å²) in [5.74, 6) is 0.886. The second kappa shape index (κ2) is 6.54. The molecule has 0 atom stereocenters. The predicted molar refractivity (Wildman–Crippen MR) is 77.2 cm³/mol. The first-order valence-electron chi connectivity index (χ1n) is 6.31. The lowest BCUT2D eigenvalue weighted by Gasteiger charge is -2.16. The molecule has 1 aromatic heterocycles. The molecule has 0 saturated heterocycles. The van der Waals surface area contributed by atoms with Crippen molar-refractivity contribution in [2.24, 2.45) is 4.99 Å². The molecule has 1 aromatic rings. The van der Waals surface area contributed by atoms with Gasteiger partial charge in [-0.25, -0.2) is 4.98 Å². The van der Waals surface area contributed by atoms with E-state index < -0.39 is 0 Å². The van der Waals surface area contributed by atoms with E-state index in [1.54, 1.807) is 11.3 Å². The van der Waals surface area contributed by atoms with Crippen molar-refractivity contribution in [3.05, 3.63) is 28.2 Å². The zero-order valence-corrected chi connectivity index (χ0v) is 11.8. The minimum Gasteiger partial charge on any atom is -0.356 e. The third-order valence-electron chi connectivity index (χ3n) is 2.87. The normalized spacial score (nSPS) is 16.2. The smallest absolute Gasteiger partial charge is 0.191 e. The molecule has 98 valence electrons. The Morgan fingerprint density at radius 2 is 2.28 bits per heavy atom. The maximum absolute atomic E-state index is 4.35. The molecule has 4 nitrogen and oxygen atoms in total. The van der Waals surface area contributed by atoms with Gasteiger partial charge in [-0.15, -0.1) is 11.3 Å². The molecule has 1 aliphatic rings. The minimum atomic E-state index is 0.498. The zero-order valence-electron chi connectivity index (χ0n) is 10.9. The van der Waals surface area contributed by atoms with Crippen LogP contribution in [0.4, 0.5) is 0 Å². The van der Waals surface area contributed by atoms with Crippen LogP contribution in [-0.2, 0) is 6.42 Å². The highest BCUT2D eigenvalue weighted by atomic mass is 32.1. The second-order valence-electron chi connectivity index (χ2n) is 4.40. The summed E-state index contributed by atoms with van der Waals surface area (Å²) in [7, 11) is 1.81. The Kier molecular flexibility index (Phi) is 4.75. The zero-order chi connectivity index (χ0) is 12.8. The van der Waals surface area contributed by atoms with Crippen molar-refractivity contribution >= 4 is 17.3 Å². The largest absolute Gasteiger partial charge is 0.356 e. The first-order valence-corrected chi connectivity index (χ1v) is 7.13. The maximum Gasteiger partial charge on any atom is 0.191 e. The first kappa shape index (κ1) is 13.1. The molecule has 0 saturated carbocycles. The number of hydrogen-bond donors (Lipinski definition) is 2. The number of aliphatic imine (C=N–C) groups is 1. The van der Waals surface area contributed by atoms with Crippen LogP contribution in [0.2, 0.25) is 0 Å². The number of thiazole rings is 1. The van der Waals surface area contributed by atoms with Gasteiger partial charge in [-0.2, -0.15) is 0 Å². The fourth-order valence-corrected chi connectivity index (χ4v) is 2.71. The summed E-state index contributed by atoms with van der Waals surface area (Å²) >= 11 is 1.76. The molecule has 0 bridgehead atoms. The van der Waals surface area contributed by atoms with E-state index in [4.69, 9.17) is 0 Å². The summed E-state index contributed by atoms with van der Waals surface area (Å²) in [6.07, 6.45) is 9.48. The summed E-state index contributed by atoms with van der Waals surface area (Å²) < 4.78 is 0. The van der Waals surface area contributed by atoms with Gasteiger partial charge in [-0.1, -0.05) is 12.2 Å². The fraction of sp³-hybridized carbons (Fsp3) is 0.538. The third-order valence-corrected chi connectivity index (χ3v) is 3.85. The summed E-state index contributed by atoms with van der Waals surface area (Å²) in [5, 5.41) is 7.93. The van der Waals surface area contributed by atoms with Crippen LogP contribution in [0.3, 0.4) is 0 Å². The monoisotopic (exact) mass is 264 g/mol. The van der Waals surface area contributed by atoms with Gasteiger partial charge >= 0.3 is 0 Å². The van der Waals surface area contributed by atoms with Crippen LogP contribution in [0.5, 0.6) is 0 Å². The van der Waals surface area contributed by atoms with E-state index in [9.17, 15) is 0 Å². The Labute approximate surface area is 112 Å². The number of nitrogens with zero attached hydrogens (tertiary/aromatic N) is 2. The van der Waals surface area contributed by atoms with Crippen molar-refractivity contribution in [1.82, 2.24) is 15.6 Å². The summed E-state index contributed by atoms with van der Waals surface area (Å²) in [6, 6.07) is 0.498. The van der Waals surface area contributed by atoms with Gasteiger partial charge in [0.05, 0.1) is 5.01 Å². The molecule has 0 amide bonds. The summed E-state index contributed by atoms with van der Waals surface area (Å²) in [5.41, 5.74) is 0. The molecule has 1 aliphatic carbocycles. The molecule has 0 spiro atoms. The van der Waals surface area contributed by atoms with E-state index in [0.717, 1.165) is 31.8 Å². The van der Waals surface area contributed by atoms with Crippen molar-refractivity contribution in [3.63, 3.8) is 0 Å². The topological polar surface area (TPSA) is 49.3 Å². The highest BCUT2D eigenvalue weighted by molar-refractivity contribution is 7.11. The van der Waals surface area contributed by atoms with E-state index in [0.29, 0.717) is 6.04 Å². The van der Waals surface area contributed by atoms with Gasteiger partial charge in [-0.3, -0.25) is 4.99 Å². The van der Waals surface area contributed by atoms with Gasteiger partial charge in [0, 0.05) is 37.1 Å². The van der Waals surface area contributed by atoms with Crippen molar-refractivity contribution in [1.29, 1.82) is 0 Å². The molecular weight excluding hydrogens is 244 g/mol. The molecule has 2 rings (SSSR count). The van der Waals surface area contributed by atoms with Crippen molar-refractivity contribution in [2.75, 3.05) is 13.6 Å².